The average Bonchev–Trinajstić information content (AvgIpc) is 2.75. The number of amides is 4. The standard InChI is InChI=1S/C14H15ClFN3O3S/c1-23-5-4-11-13(21)19(14(22)18-11)7-12(20)17-10-3-2-8(16)6-9(10)15/h2-3,6,11H,4-5,7H2,1H3,(H,17,20)(H,18,22). The van der Waals surface area contributed by atoms with Gasteiger partial charge < -0.3 is 10.6 Å². The number of hydrogen-bond acceptors (Lipinski definition) is 4. The molecular formula is C14H15ClFN3O3S. The second kappa shape index (κ2) is 7.65. The van der Waals surface area contributed by atoms with E-state index in [0.717, 1.165) is 22.8 Å². The van der Waals surface area contributed by atoms with E-state index in [-0.39, 0.29) is 10.7 Å². The van der Waals surface area contributed by atoms with E-state index in [1.165, 1.54) is 6.07 Å². The SMILES string of the molecule is CSCCC1NC(=O)N(CC(=O)Nc2ccc(F)cc2Cl)C1=O. The lowest BCUT2D eigenvalue weighted by atomic mass is 10.2. The number of nitrogens with zero attached hydrogens (tertiary/aromatic N) is 1. The number of anilines is 1. The number of rotatable bonds is 6. The van der Waals surface area contributed by atoms with Crippen LogP contribution < -0.4 is 10.6 Å². The van der Waals surface area contributed by atoms with Crippen LogP contribution in [0.5, 0.6) is 0 Å². The van der Waals surface area contributed by atoms with Crippen molar-refractivity contribution in [2.45, 2.75) is 12.5 Å². The van der Waals surface area contributed by atoms with Gasteiger partial charge >= 0.3 is 6.03 Å². The summed E-state index contributed by atoms with van der Waals surface area (Å²) < 4.78 is 13.0. The first-order valence-corrected chi connectivity index (χ1v) is 8.55. The Morgan fingerprint density at radius 1 is 1.48 bits per heavy atom. The molecule has 1 aliphatic rings. The van der Waals surface area contributed by atoms with Crippen LogP contribution in [0.1, 0.15) is 6.42 Å². The minimum atomic E-state index is -0.600. The molecular weight excluding hydrogens is 345 g/mol. The van der Waals surface area contributed by atoms with Gasteiger partial charge in [-0.15, -0.1) is 0 Å². The molecule has 23 heavy (non-hydrogen) atoms. The van der Waals surface area contributed by atoms with Crippen molar-refractivity contribution >= 4 is 46.9 Å². The van der Waals surface area contributed by atoms with E-state index >= 15 is 0 Å². The van der Waals surface area contributed by atoms with Gasteiger partial charge in [0.1, 0.15) is 18.4 Å². The van der Waals surface area contributed by atoms with Crippen LogP contribution in [0.25, 0.3) is 0 Å². The monoisotopic (exact) mass is 359 g/mol. The number of nitrogens with one attached hydrogen (secondary N) is 2. The fourth-order valence-electron chi connectivity index (χ4n) is 2.08. The van der Waals surface area contributed by atoms with Crippen LogP contribution in [-0.2, 0) is 9.59 Å². The Balaban J connectivity index is 1.97. The third-order valence-electron chi connectivity index (χ3n) is 3.22. The summed E-state index contributed by atoms with van der Waals surface area (Å²) in [4.78, 5) is 36.7. The fraction of sp³-hybridized carbons (Fsp3) is 0.357. The van der Waals surface area contributed by atoms with Crippen molar-refractivity contribution in [2.24, 2.45) is 0 Å². The van der Waals surface area contributed by atoms with E-state index in [2.05, 4.69) is 10.6 Å². The molecule has 124 valence electrons. The molecule has 0 radical (unpaired) electrons. The van der Waals surface area contributed by atoms with Gasteiger partial charge in [0, 0.05) is 0 Å². The molecule has 1 atom stereocenters. The summed E-state index contributed by atoms with van der Waals surface area (Å²) in [5.74, 6) is -0.822. The van der Waals surface area contributed by atoms with Gasteiger partial charge in [0.25, 0.3) is 5.91 Å². The van der Waals surface area contributed by atoms with E-state index in [4.69, 9.17) is 11.6 Å². The molecule has 1 aromatic carbocycles. The molecule has 2 N–H and O–H groups in total. The highest BCUT2D eigenvalue weighted by atomic mass is 35.5. The second-order valence-corrected chi connectivity index (χ2v) is 6.27. The summed E-state index contributed by atoms with van der Waals surface area (Å²) in [7, 11) is 0. The van der Waals surface area contributed by atoms with Gasteiger partial charge in [-0.3, -0.25) is 14.5 Å². The van der Waals surface area contributed by atoms with Gasteiger partial charge in [0.05, 0.1) is 10.7 Å². The van der Waals surface area contributed by atoms with Gasteiger partial charge in [0.15, 0.2) is 0 Å². The number of carbonyl (C=O) groups is 3. The molecule has 6 nitrogen and oxygen atoms in total. The van der Waals surface area contributed by atoms with Crippen molar-refractivity contribution in [3.8, 4) is 0 Å². The van der Waals surface area contributed by atoms with E-state index in [1.54, 1.807) is 11.8 Å². The number of carbonyl (C=O) groups excluding carboxylic acids is 3. The summed E-state index contributed by atoms with van der Waals surface area (Å²) in [6.45, 7) is -0.422. The highest BCUT2D eigenvalue weighted by Crippen LogP contribution is 2.22. The van der Waals surface area contributed by atoms with E-state index < -0.39 is 36.2 Å². The maximum atomic E-state index is 13.0. The molecule has 0 aromatic heterocycles. The quantitative estimate of drug-likeness (QED) is 0.762. The molecule has 1 unspecified atom stereocenters. The molecule has 1 aliphatic heterocycles. The average molecular weight is 360 g/mol. The predicted octanol–water partition coefficient (Wildman–Crippen LogP) is 2.09. The molecule has 1 fully saturated rings. The van der Waals surface area contributed by atoms with Crippen LogP contribution in [0.15, 0.2) is 18.2 Å². The molecule has 4 amide bonds. The number of hydrogen-bond donors (Lipinski definition) is 2. The lowest BCUT2D eigenvalue weighted by molar-refractivity contribution is -0.130. The number of thioether (sulfide) groups is 1. The topological polar surface area (TPSA) is 78.5 Å². The van der Waals surface area contributed by atoms with Gasteiger partial charge in [-0.1, -0.05) is 11.6 Å². The Bertz CT molecular complexity index is 644. The minimum absolute atomic E-state index is 0.0356. The van der Waals surface area contributed by atoms with Gasteiger partial charge in [-0.05, 0) is 36.6 Å². The van der Waals surface area contributed by atoms with Gasteiger partial charge in [0.2, 0.25) is 5.91 Å². The van der Waals surface area contributed by atoms with Crippen molar-refractivity contribution in [1.29, 1.82) is 0 Å². The molecule has 0 bridgehead atoms. The van der Waals surface area contributed by atoms with Crippen molar-refractivity contribution in [3.63, 3.8) is 0 Å². The molecule has 9 heteroatoms. The zero-order chi connectivity index (χ0) is 17.0. The normalized spacial score (nSPS) is 17.3. The second-order valence-electron chi connectivity index (χ2n) is 4.88. The summed E-state index contributed by atoms with van der Waals surface area (Å²) in [6, 6.07) is 2.32. The van der Waals surface area contributed by atoms with Crippen LogP contribution in [0.2, 0.25) is 5.02 Å². The highest BCUT2D eigenvalue weighted by Gasteiger charge is 2.38. The maximum absolute atomic E-state index is 13.0. The summed E-state index contributed by atoms with van der Waals surface area (Å²) >= 11 is 7.38. The van der Waals surface area contributed by atoms with E-state index in [9.17, 15) is 18.8 Å². The molecule has 0 aliphatic carbocycles. The van der Waals surface area contributed by atoms with Gasteiger partial charge in [-0.2, -0.15) is 11.8 Å². The summed E-state index contributed by atoms with van der Waals surface area (Å²) in [6.07, 6.45) is 2.41. The first-order chi connectivity index (χ1) is 10.9. The third-order valence-corrected chi connectivity index (χ3v) is 4.18. The summed E-state index contributed by atoms with van der Waals surface area (Å²) in [5.41, 5.74) is 0.212. The van der Waals surface area contributed by atoms with Crippen molar-refractivity contribution in [3.05, 3.63) is 29.0 Å². The molecule has 1 aromatic rings. The lowest BCUT2D eigenvalue weighted by Crippen LogP contribution is -2.38. The van der Waals surface area contributed by atoms with Gasteiger partial charge in [-0.25, -0.2) is 9.18 Å². The highest BCUT2D eigenvalue weighted by molar-refractivity contribution is 7.98. The zero-order valence-electron chi connectivity index (χ0n) is 12.3. The number of imide groups is 1. The molecule has 2 rings (SSSR count). The van der Waals surface area contributed by atoms with Crippen LogP contribution in [0, 0.1) is 5.82 Å². The predicted molar refractivity (Wildman–Crippen MR) is 87.1 cm³/mol. The summed E-state index contributed by atoms with van der Waals surface area (Å²) in [5, 5.41) is 5.03. The fourth-order valence-corrected chi connectivity index (χ4v) is 2.77. The van der Waals surface area contributed by atoms with Crippen molar-refractivity contribution in [2.75, 3.05) is 23.9 Å². The van der Waals surface area contributed by atoms with E-state index in [1.807, 2.05) is 6.26 Å². The largest absolute Gasteiger partial charge is 0.326 e. The first-order valence-electron chi connectivity index (χ1n) is 6.78. The van der Waals surface area contributed by atoms with Crippen LogP contribution in [0.4, 0.5) is 14.9 Å². The number of urea groups is 1. The minimum Gasteiger partial charge on any atom is -0.326 e. The maximum Gasteiger partial charge on any atom is 0.325 e. The zero-order valence-corrected chi connectivity index (χ0v) is 13.8. The number of halogens is 2. The number of benzene rings is 1. The Morgan fingerprint density at radius 3 is 2.87 bits per heavy atom. The molecule has 1 saturated heterocycles. The molecule has 0 spiro atoms. The first kappa shape index (κ1) is 17.6. The Kier molecular flexibility index (Phi) is 5.84. The van der Waals surface area contributed by atoms with Crippen molar-refractivity contribution in [1.82, 2.24) is 10.2 Å². The Morgan fingerprint density at radius 2 is 2.22 bits per heavy atom. The van der Waals surface area contributed by atoms with Crippen molar-refractivity contribution < 1.29 is 18.8 Å². The Hall–Kier alpha value is -1.80. The van der Waals surface area contributed by atoms with E-state index in [0.29, 0.717) is 6.42 Å². The van der Waals surface area contributed by atoms with Crippen LogP contribution in [-0.4, -0.2) is 47.3 Å². The van der Waals surface area contributed by atoms with Crippen LogP contribution in [0.3, 0.4) is 0 Å². The van der Waals surface area contributed by atoms with Crippen LogP contribution >= 0.6 is 23.4 Å². The molecule has 1 heterocycles. The third kappa shape index (κ3) is 4.35. The lowest BCUT2D eigenvalue weighted by Gasteiger charge is -2.13. The Labute approximate surface area is 141 Å². The smallest absolute Gasteiger partial charge is 0.325 e. The molecule has 0 saturated carbocycles.